The molecule has 3 aromatic rings. The molecular formula is C19H16N2O4. The van der Waals surface area contributed by atoms with Gasteiger partial charge in [0.15, 0.2) is 17.8 Å². The number of nitrogens with one attached hydrogen (secondary N) is 1. The van der Waals surface area contributed by atoms with Crippen LogP contribution in [-0.2, 0) is 11.3 Å². The SMILES string of the molecule is Cc1c(C=O)c2ccccc2n1CC(=O)Nc1ccc2c(c1)OCO2. The van der Waals surface area contributed by atoms with Crippen molar-refractivity contribution in [2.75, 3.05) is 12.1 Å². The highest BCUT2D eigenvalue weighted by Crippen LogP contribution is 2.34. The normalized spacial score (nSPS) is 12.4. The first-order valence-electron chi connectivity index (χ1n) is 7.90. The Morgan fingerprint density at radius 3 is 2.84 bits per heavy atom. The van der Waals surface area contributed by atoms with Crippen LogP contribution in [0.25, 0.3) is 10.9 Å². The van der Waals surface area contributed by atoms with Crippen LogP contribution in [0, 0.1) is 6.92 Å². The number of anilines is 1. The molecule has 0 fully saturated rings. The topological polar surface area (TPSA) is 69.6 Å². The van der Waals surface area contributed by atoms with Gasteiger partial charge in [-0.25, -0.2) is 0 Å². The molecule has 0 saturated heterocycles. The van der Waals surface area contributed by atoms with Crippen molar-refractivity contribution in [3.63, 3.8) is 0 Å². The molecule has 6 nitrogen and oxygen atoms in total. The molecule has 0 atom stereocenters. The van der Waals surface area contributed by atoms with Crippen molar-refractivity contribution in [3.05, 3.63) is 53.7 Å². The summed E-state index contributed by atoms with van der Waals surface area (Å²) in [5, 5.41) is 3.71. The maximum atomic E-state index is 12.5. The summed E-state index contributed by atoms with van der Waals surface area (Å²) in [6.45, 7) is 2.15. The quantitative estimate of drug-likeness (QED) is 0.743. The summed E-state index contributed by atoms with van der Waals surface area (Å²) in [6.07, 6.45) is 0.837. The van der Waals surface area contributed by atoms with Crippen LogP contribution in [-0.4, -0.2) is 23.6 Å². The van der Waals surface area contributed by atoms with Gasteiger partial charge >= 0.3 is 0 Å². The minimum absolute atomic E-state index is 0.120. The van der Waals surface area contributed by atoms with E-state index in [4.69, 9.17) is 9.47 Å². The van der Waals surface area contributed by atoms with Gasteiger partial charge in [0.2, 0.25) is 12.7 Å². The van der Waals surface area contributed by atoms with Crippen LogP contribution >= 0.6 is 0 Å². The van der Waals surface area contributed by atoms with Gasteiger partial charge in [0.05, 0.1) is 0 Å². The number of hydrogen-bond donors (Lipinski definition) is 1. The molecule has 0 radical (unpaired) electrons. The van der Waals surface area contributed by atoms with Crippen molar-refractivity contribution in [2.24, 2.45) is 0 Å². The van der Waals surface area contributed by atoms with Crippen molar-refractivity contribution in [1.82, 2.24) is 4.57 Å². The van der Waals surface area contributed by atoms with E-state index in [1.165, 1.54) is 0 Å². The molecule has 1 aromatic heterocycles. The van der Waals surface area contributed by atoms with Gasteiger partial charge in [-0.3, -0.25) is 9.59 Å². The lowest BCUT2D eigenvalue weighted by Crippen LogP contribution is -2.19. The van der Waals surface area contributed by atoms with Crippen molar-refractivity contribution in [3.8, 4) is 11.5 Å². The van der Waals surface area contributed by atoms with Gasteiger partial charge in [-0.05, 0) is 25.1 Å². The fraction of sp³-hybridized carbons (Fsp3) is 0.158. The second-order valence-electron chi connectivity index (χ2n) is 5.84. The standard InChI is InChI=1S/C19H16N2O4/c1-12-15(10-22)14-4-2-3-5-16(14)21(12)9-19(23)20-13-6-7-17-18(8-13)25-11-24-17/h2-8,10H,9,11H2,1H3,(H,20,23). The van der Waals surface area contributed by atoms with Crippen molar-refractivity contribution in [1.29, 1.82) is 0 Å². The Labute approximate surface area is 144 Å². The average molecular weight is 336 g/mol. The van der Waals surface area contributed by atoms with Gasteiger partial charge < -0.3 is 19.4 Å². The maximum absolute atomic E-state index is 12.5. The molecule has 0 aliphatic carbocycles. The predicted octanol–water partition coefficient (Wildman–Crippen LogP) is 3.13. The first-order chi connectivity index (χ1) is 12.2. The van der Waals surface area contributed by atoms with Gasteiger partial charge in [-0.15, -0.1) is 0 Å². The van der Waals surface area contributed by atoms with E-state index in [9.17, 15) is 9.59 Å². The van der Waals surface area contributed by atoms with Crippen LogP contribution in [0.2, 0.25) is 0 Å². The molecule has 1 aliphatic heterocycles. The summed E-state index contributed by atoms with van der Waals surface area (Å²) in [7, 11) is 0. The van der Waals surface area contributed by atoms with Gasteiger partial charge in [-0.2, -0.15) is 0 Å². The third-order valence-corrected chi connectivity index (χ3v) is 4.36. The summed E-state index contributed by atoms with van der Waals surface area (Å²) in [5.41, 5.74) is 2.89. The average Bonchev–Trinajstić information content (AvgIpc) is 3.18. The van der Waals surface area contributed by atoms with E-state index in [-0.39, 0.29) is 19.2 Å². The number of benzene rings is 2. The molecule has 6 heteroatoms. The zero-order valence-corrected chi connectivity index (χ0v) is 13.6. The van der Waals surface area contributed by atoms with Gasteiger partial charge in [0, 0.05) is 33.9 Å². The molecule has 25 heavy (non-hydrogen) atoms. The highest BCUT2D eigenvalue weighted by atomic mass is 16.7. The molecule has 2 aromatic carbocycles. The Morgan fingerprint density at radius 2 is 2.00 bits per heavy atom. The highest BCUT2D eigenvalue weighted by molar-refractivity contribution is 6.00. The zero-order chi connectivity index (χ0) is 17.4. The highest BCUT2D eigenvalue weighted by Gasteiger charge is 2.17. The number of carbonyl (C=O) groups excluding carboxylic acids is 2. The Morgan fingerprint density at radius 1 is 1.20 bits per heavy atom. The molecule has 0 saturated carbocycles. The summed E-state index contributed by atoms with van der Waals surface area (Å²) in [6, 6.07) is 12.8. The van der Waals surface area contributed by atoms with E-state index in [1.807, 2.05) is 35.8 Å². The summed E-state index contributed by atoms with van der Waals surface area (Å²) in [5.74, 6) is 1.10. The number of aromatic nitrogens is 1. The van der Waals surface area contributed by atoms with E-state index in [2.05, 4.69) is 5.32 Å². The first-order valence-corrected chi connectivity index (χ1v) is 7.90. The monoisotopic (exact) mass is 336 g/mol. The fourth-order valence-electron chi connectivity index (χ4n) is 3.13. The lowest BCUT2D eigenvalue weighted by molar-refractivity contribution is -0.116. The number of fused-ring (bicyclic) bond motifs is 2. The van der Waals surface area contributed by atoms with Crippen LogP contribution in [0.3, 0.4) is 0 Å². The summed E-state index contributed by atoms with van der Waals surface area (Å²) < 4.78 is 12.4. The number of ether oxygens (including phenoxy) is 2. The molecule has 1 aliphatic rings. The van der Waals surface area contributed by atoms with Gasteiger partial charge in [0.1, 0.15) is 6.54 Å². The number of nitrogens with zero attached hydrogens (tertiary/aromatic N) is 1. The molecule has 126 valence electrons. The Bertz CT molecular complexity index is 990. The molecule has 2 heterocycles. The summed E-state index contributed by atoms with van der Waals surface area (Å²) >= 11 is 0. The zero-order valence-electron chi connectivity index (χ0n) is 13.6. The number of aldehydes is 1. The van der Waals surface area contributed by atoms with E-state index >= 15 is 0 Å². The van der Waals surface area contributed by atoms with Crippen LogP contribution < -0.4 is 14.8 Å². The second kappa shape index (κ2) is 5.98. The van der Waals surface area contributed by atoms with Gasteiger partial charge in [-0.1, -0.05) is 18.2 Å². The molecular weight excluding hydrogens is 320 g/mol. The van der Waals surface area contributed by atoms with Crippen LogP contribution in [0.4, 0.5) is 5.69 Å². The predicted molar refractivity (Wildman–Crippen MR) is 93.3 cm³/mol. The molecule has 0 bridgehead atoms. The van der Waals surface area contributed by atoms with E-state index in [1.54, 1.807) is 18.2 Å². The van der Waals surface area contributed by atoms with Crippen LogP contribution in [0.15, 0.2) is 42.5 Å². The number of rotatable bonds is 4. The Hall–Kier alpha value is -3.28. The molecule has 0 unspecified atom stereocenters. The lowest BCUT2D eigenvalue weighted by Gasteiger charge is -2.10. The minimum Gasteiger partial charge on any atom is -0.454 e. The minimum atomic E-state index is -0.180. The van der Waals surface area contributed by atoms with Crippen molar-refractivity contribution in [2.45, 2.75) is 13.5 Å². The number of para-hydroxylation sites is 1. The Balaban J connectivity index is 1.60. The van der Waals surface area contributed by atoms with E-state index in [0.29, 0.717) is 22.7 Å². The van der Waals surface area contributed by atoms with Crippen molar-refractivity contribution < 1.29 is 19.1 Å². The number of hydrogen-bond acceptors (Lipinski definition) is 4. The maximum Gasteiger partial charge on any atom is 0.244 e. The van der Waals surface area contributed by atoms with Crippen LogP contribution in [0.1, 0.15) is 16.1 Å². The smallest absolute Gasteiger partial charge is 0.244 e. The van der Waals surface area contributed by atoms with E-state index in [0.717, 1.165) is 22.9 Å². The third-order valence-electron chi connectivity index (χ3n) is 4.36. The third kappa shape index (κ3) is 2.61. The second-order valence-corrected chi connectivity index (χ2v) is 5.84. The largest absolute Gasteiger partial charge is 0.454 e. The molecule has 0 spiro atoms. The fourth-order valence-corrected chi connectivity index (χ4v) is 3.13. The molecule has 4 rings (SSSR count). The lowest BCUT2D eigenvalue weighted by atomic mass is 10.1. The number of carbonyl (C=O) groups is 2. The molecule has 1 N–H and O–H groups in total. The van der Waals surface area contributed by atoms with Gasteiger partial charge in [0.25, 0.3) is 0 Å². The number of amides is 1. The summed E-state index contributed by atoms with van der Waals surface area (Å²) in [4.78, 5) is 23.9. The Kier molecular flexibility index (Phi) is 3.65. The van der Waals surface area contributed by atoms with Crippen LogP contribution in [0.5, 0.6) is 11.5 Å². The first kappa shape index (κ1) is 15.3. The molecule has 1 amide bonds. The van der Waals surface area contributed by atoms with Crippen molar-refractivity contribution >= 4 is 28.8 Å². The van der Waals surface area contributed by atoms with E-state index < -0.39 is 0 Å².